The average Bonchev–Trinajstić information content (AvgIpc) is 2.73. The lowest BCUT2D eigenvalue weighted by molar-refractivity contribution is -0.141. The van der Waals surface area contributed by atoms with E-state index in [9.17, 15) is 13.2 Å². The molecule has 0 aliphatic heterocycles. The Bertz CT molecular complexity index is 582. The molecule has 0 bridgehead atoms. The van der Waals surface area contributed by atoms with Gasteiger partial charge in [-0.05, 0) is 22.2 Å². The number of aryl methyl sites for hydroxylation is 1. The van der Waals surface area contributed by atoms with Crippen molar-refractivity contribution in [3.63, 3.8) is 0 Å². The smallest absolute Gasteiger partial charge is 0.292 e. The third kappa shape index (κ3) is 3.08. The van der Waals surface area contributed by atoms with Gasteiger partial charge >= 0.3 is 6.18 Å². The second-order valence-electron chi connectivity index (χ2n) is 3.24. The van der Waals surface area contributed by atoms with Crippen LogP contribution in [0.15, 0.2) is 16.2 Å². The maximum atomic E-state index is 12.6. The standard InChI is InChI=1S/C7H7F3N8S/c1-18-6(15-16-17-18)19-4-2-3(7(8,9)10)12-5(13-4)14-11/h2H,11H2,1H3,(H,12,13,14). The largest absolute Gasteiger partial charge is 0.433 e. The quantitative estimate of drug-likeness (QED) is 0.477. The molecule has 0 aliphatic rings. The zero-order valence-corrected chi connectivity index (χ0v) is 10.2. The van der Waals surface area contributed by atoms with Crippen LogP contribution >= 0.6 is 11.8 Å². The minimum absolute atomic E-state index is 0.0215. The number of tetrazole rings is 1. The molecule has 0 amide bonds. The molecule has 2 aromatic heterocycles. The van der Waals surface area contributed by atoms with E-state index in [0.29, 0.717) is 0 Å². The maximum absolute atomic E-state index is 12.6. The molecule has 0 radical (unpaired) electrons. The van der Waals surface area contributed by atoms with Crippen LogP contribution in [0.1, 0.15) is 5.69 Å². The fraction of sp³-hybridized carbons (Fsp3) is 0.286. The van der Waals surface area contributed by atoms with E-state index in [-0.39, 0.29) is 16.1 Å². The van der Waals surface area contributed by atoms with Gasteiger partial charge in [0.1, 0.15) is 5.03 Å². The summed E-state index contributed by atoms with van der Waals surface area (Å²) in [6.07, 6.45) is -4.60. The molecule has 0 spiro atoms. The highest BCUT2D eigenvalue weighted by atomic mass is 32.2. The summed E-state index contributed by atoms with van der Waals surface area (Å²) in [4.78, 5) is 7.02. The van der Waals surface area contributed by atoms with E-state index in [0.717, 1.165) is 17.8 Å². The minimum Gasteiger partial charge on any atom is -0.292 e. The van der Waals surface area contributed by atoms with Gasteiger partial charge in [0.05, 0.1) is 0 Å². The van der Waals surface area contributed by atoms with Gasteiger partial charge in [-0.1, -0.05) is 0 Å². The first-order chi connectivity index (χ1) is 8.90. The molecule has 0 aromatic carbocycles. The molecule has 12 heteroatoms. The zero-order chi connectivity index (χ0) is 14.0. The Hall–Kier alpha value is -1.95. The predicted octanol–water partition coefficient (Wildman–Crippen LogP) is 0.456. The van der Waals surface area contributed by atoms with Gasteiger partial charge in [0, 0.05) is 13.1 Å². The molecule has 0 saturated carbocycles. The molecule has 102 valence electrons. The number of hydrazine groups is 1. The maximum Gasteiger partial charge on any atom is 0.433 e. The summed E-state index contributed by atoms with van der Waals surface area (Å²) in [6, 6.07) is 0.792. The topological polar surface area (TPSA) is 107 Å². The van der Waals surface area contributed by atoms with Crippen LogP contribution in [0.4, 0.5) is 19.1 Å². The van der Waals surface area contributed by atoms with Gasteiger partial charge in [0.2, 0.25) is 11.1 Å². The van der Waals surface area contributed by atoms with E-state index in [2.05, 4.69) is 25.5 Å². The molecule has 0 unspecified atom stereocenters. The number of hydrogen-bond acceptors (Lipinski definition) is 8. The fourth-order valence-corrected chi connectivity index (χ4v) is 1.82. The lowest BCUT2D eigenvalue weighted by Crippen LogP contribution is -2.15. The molecule has 0 aliphatic carbocycles. The second kappa shape index (κ2) is 4.97. The molecule has 2 rings (SSSR count). The number of nitrogens with zero attached hydrogens (tertiary/aromatic N) is 6. The van der Waals surface area contributed by atoms with Crippen molar-refractivity contribution in [1.29, 1.82) is 0 Å². The summed E-state index contributed by atoms with van der Waals surface area (Å²) in [5.74, 6) is 4.70. The first-order valence-electron chi connectivity index (χ1n) is 4.73. The Balaban J connectivity index is 2.37. The van der Waals surface area contributed by atoms with E-state index in [1.165, 1.54) is 4.68 Å². The van der Waals surface area contributed by atoms with Gasteiger partial charge in [-0.2, -0.15) is 13.2 Å². The van der Waals surface area contributed by atoms with Crippen LogP contribution in [0.5, 0.6) is 0 Å². The van der Waals surface area contributed by atoms with Crippen LogP contribution < -0.4 is 11.3 Å². The summed E-state index contributed by atoms with van der Waals surface area (Å²) in [5, 5.41) is 10.9. The lowest BCUT2D eigenvalue weighted by Gasteiger charge is -2.09. The van der Waals surface area contributed by atoms with Crippen molar-refractivity contribution in [3.05, 3.63) is 11.8 Å². The Kier molecular flexibility index (Phi) is 3.53. The van der Waals surface area contributed by atoms with Gasteiger partial charge in [-0.25, -0.2) is 20.5 Å². The van der Waals surface area contributed by atoms with Gasteiger partial charge < -0.3 is 0 Å². The number of alkyl halides is 3. The van der Waals surface area contributed by atoms with Crippen LogP contribution in [-0.2, 0) is 13.2 Å². The highest BCUT2D eigenvalue weighted by Gasteiger charge is 2.33. The van der Waals surface area contributed by atoms with Crippen LogP contribution in [0, 0.1) is 0 Å². The van der Waals surface area contributed by atoms with Gasteiger partial charge in [-0.3, -0.25) is 5.43 Å². The molecule has 2 aromatic rings. The number of nitrogens with one attached hydrogen (secondary N) is 1. The normalized spacial score (nSPS) is 11.6. The van der Waals surface area contributed by atoms with Crippen LogP contribution in [-0.4, -0.2) is 30.2 Å². The van der Waals surface area contributed by atoms with Gasteiger partial charge in [0.25, 0.3) is 0 Å². The van der Waals surface area contributed by atoms with Crippen molar-refractivity contribution in [2.45, 2.75) is 16.4 Å². The Morgan fingerprint density at radius 3 is 2.63 bits per heavy atom. The van der Waals surface area contributed by atoms with Gasteiger partial charge in [-0.15, -0.1) is 5.10 Å². The van der Waals surface area contributed by atoms with E-state index < -0.39 is 11.9 Å². The predicted molar refractivity (Wildman–Crippen MR) is 57.8 cm³/mol. The summed E-state index contributed by atoms with van der Waals surface area (Å²) in [6.45, 7) is 0. The summed E-state index contributed by atoms with van der Waals surface area (Å²) >= 11 is 0.861. The van der Waals surface area contributed by atoms with Crippen molar-refractivity contribution < 1.29 is 13.2 Å². The van der Waals surface area contributed by atoms with E-state index >= 15 is 0 Å². The summed E-state index contributed by atoms with van der Waals surface area (Å²) < 4.78 is 39.2. The fourth-order valence-electron chi connectivity index (χ4n) is 1.09. The first-order valence-corrected chi connectivity index (χ1v) is 5.55. The van der Waals surface area contributed by atoms with Gasteiger partial charge in [0.15, 0.2) is 5.69 Å². The van der Waals surface area contributed by atoms with Crippen LogP contribution in [0.2, 0.25) is 0 Å². The number of anilines is 1. The van der Waals surface area contributed by atoms with E-state index in [4.69, 9.17) is 5.84 Å². The van der Waals surface area contributed by atoms with Crippen molar-refractivity contribution in [2.75, 3.05) is 5.43 Å². The molecule has 0 saturated heterocycles. The van der Waals surface area contributed by atoms with Crippen molar-refractivity contribution in [2.24, 2.45) is 12.9 Å². The number of rotatable bonds is 3. The molecule has 19 heavy (non-hydrogen) atoms. The average molecular weight is 292 g/mol. The lowest BCUT2D eigenvalue weighted by atomic mass is 10.4. The summed E-state index contributed by atoms with van der Waals surface area (Å²) in [7, 11) is 1.55. The third-order valence-corrected chi connectivity index (χ3v) is 2.85. The molecule has 0 fully saturated rings. The monoisotopic (exact) mass is 292 g/mol. The number of halogens is 3. The highest BCUT2D eigenvalue weighted by Crippen LogP contribution is 2.32. The van der Waals surface area contributed by atoms with Crippen LogP contribution in [0.3, 0.4) is 0 Å². The number of hydrogen-bond donors (Lipinski definition) is 2. The first kappa shape index (κ1) is 13.5. The van der Waals surface area contributed by atoms with E-state index in [1.54, 1.807) is 7.05 Å². The molecule has 3 N–H and O–H groups in total. The molecule has 2 heterocycles. The van der Waals surface area contributed by atoms with Crippen LogP contribution in [0.25, 0.3) is 0 Å². The Morgan fingerprint density at radius 2 is 2.11 bits per heavy atom. The highest BCUT2D eigenvalue weighted by molar-refractivity contribution is 7.99. The molecule has 8 nitrogen and oxygen atoms in total. The number of nitrogens with two attached hydrogens (primary N) is 1. The number of nitrogen functional groups attached to an aromatic ring is 1. The molecular weight excluding hydrogens is 285 g/mol. The van der Waals surface area contributed by atoms with Crippen molar-refractivity contribution in [1.82, 2.24) is 30.2 Å². The SMILES string of the molecule is Cn1nnnc1Sc1cc(C(F)(F)F)nc(NN)n1. The van der Waals surface area contributed by atoms with Crippen molar-refractivity contribution in [3.8, 4) is 0 Å². The van der Waals surface area contributed by atoms with E-state index in [1.807, 2.05) is 5.43 Å². The molecule has 0 atom stereocenters. The van der Waals surface area contributed by atoms with Crippen molar-refractivity contribution >= 4 is 17.7 Å². The Labute approximate surface area is 108 Å². The summed E-state index contributed by atoms with van der Waals surface area (Å²) in [5.41, 5.74) is 0.876. The Morgan fingerprint density at radius 1 is 1.37 bits per heavy atom. The third-order valence-electron chi connectivity index (χ3n) is 1.90. The number of aromatic nitrogens is 6. The second-order valence-corrected chi connectivity index (χ2v) is 4.23. The zero-order valence-electron chi connectivity index (χ0n) is 9.38. The minimum atomic E-state index is -4.60. The molecular formula is C7H7F3N8S.